The number of halogens is 3. The number of rotatable bonds is 2. The molecular formula is C6H12Cl3NSi. The second-order valence-electron chi connectivity index (χ2n) is 2.95. The van der Waals surface area contributed by atoms with E-state index in [1.165, 1.54) is 19.3 Å². The Labute approximate surface area is 82.7 Å². The Bertz CT molecular complexity index is 119. The molecular weight excluding hydrogens is 221 g/mol. The number of nitrogens with zero attached hydrogens (tertiary/aromatic N) is 1. The van der Waals surface area contributed by atoms with E-state index in [4.69, 9.17) is 33.2 Å². The van der Waals surface area contributed by atoms with Crippen molar-refractivity contribution in [1.82, 2.24) is 4.90 Å². The average Bonchev–Trinajstić information content (AvgIpc) is 1.85. The summed E-state index contributed by atoms with van der Waals surface area (Å²) in [5.41, 5.74) is 0. The molecule has 0 saturated carbocycles. The van der Waals surface area contributed by atoms with Gasteiger partial charge in [0.25, 0.3) is 0 Å². The van der Waals surface area contributed by atoms with Crippen molar-refractivity contribution in [3.8, 4) is 0 Å². The summed E-state index contributed by atoms with van der Waals surface area (Å²) in [6.45, 7) is 2.22. The molecule has 11 heavy (non-hydrogen) atoms. The molecule has 1 fully saturated rings. The van der Waals surface area contributed by atoms with Crippen molar-refractivity contribution in [1.29, 1.82) is 0 Å². The van der Waals surface area contributed by atoms with Gasteiger partial charge in [-0.3, -0.25) is 0 Å². The molecule has 1 nitrogen and oxygen atoms in total. The van der Waals surface area contributed by atoms with Crippen LogP contribution in [0.3, 0.4) is 0 Å². The lowest BCUT2D eigenvalue weighted by Gasteiger charge is -2.28. The smallest absolute Gasteiger partial charge is 0.302 e. The van der Waals surface area contributed by atoms with Gasteiger partial charge in [0, 0.05) is 6.17 Å². The van der Waals surface area contributed by atoms with Crippen LogP contribution in [0.4, 0.5) is 0 Å². The van der Waals surface area contributed by atoms with Gasteiger partial charge in [-0.2, -0.15) is 0 Å². The first-order valence-electron chi connectivity index (χ1n) is 3.87. The molecule has 1 aliphatic heterocycles. The molecule has 0 radical (unpaired) electrons. The zero-order chi connectivity index (χ0) is 8.32. The van der Waals surface area contributed by atoms with Crippen LogP contribution in [-0.4, -0.2) is 30.2 Å². The van der Waals surface area contributed by atoms with Gasteiger partial charge in [-0.05, 0) is 25.9 Å². The molecule has 1 rings (SSSR count). The maximum absolute atomic E-state index is 5.79. The molecule has 0 aliphatic carbocycles. The molecule has 1 heterocycles. The summed E-state index contributed by atoms with van der Waals surface area (Å²) >= 11 is 17.4. The van der Waals surface area contributed by atoms with E-state index in [0.717, 1.165) is 13.1 Å². The van der Waals surface area contributed by atoms with E-state index in [-0.39, 0.29) is 0 Å². The van der Waals surface area contributed by atoms with Crippen LogP contribution in [-0.2, 0) is 0 Å². The Morgan fingerprint density at radius 1 is 1.00 bits per heavy atom. The summed E-state index contributed by atoms with van der Waals surface area (Å²) in [6, 6.07) is -2.40. The molecule has 0 N–H and O–H groups in total. The Balaban J connectivity index is 2.24. The Morgan fingerprint density at radius 3 is 2.00 bits per heavy atom. The minimum atomic E-state index is -2.40. The molecule has 0 aromatic heterocycles. The van der Waals surface area contributed by atoms with Crippen molar-refractivity contribution in [2.24, 2.45) is 0 Å². The van der Waals surface area contributed by atoms with Crippen molar-refractivity contribution in [2.75, 3.05) is 19.3 Å². The highest BCUT2D eigenvalue weighted by molar-refractivity contribution is 7.64. The number of hydrogen-bond donors (Lipinski definition) is 0. The Morgan fingerprint density at radius 2 is 1.55 bits per heavy atom. The van der Waals surface area contributed by atoms with E-state index < -0.39 is 6.00 Å². The van der Waals surface area contributed by atoms with Crippen molar-refractivity contribution >= 4 is 39.2 Å². The monoisotopic (exact) mass is 231 g/mol. The molecule has 0 amide bonds. The van der Waals surface area contributed by atoms with Crippen molar-refractivity contribution < 1.29 is 0 Å². The van der Waals surface area contributed by atoms with Crippen LogP contribution in [0.5, 0.6) is 0 Å². The highest BCUT2D eigenvalue weighted by Crippen LogP contribution is 2.22. The highest BCUT2D eigenvalue weighted by Gasteiger charge is 2.28. The van der Waals surface area contributed by atoms with Gasteiger partial charge < -0.3 is 4.90 Å². The van der Waals surface area contributed by atoms with Crippen LogP contribution in [0.1, 0.15) is 19.3 Å². The third-order valence-corrected chi connectivity index (χ3v) is 3.73. The lowest BCUT2D eigenvalue weighted by Crippen LogP contribution is -2.39. The number of likely N-dealkylation sites (tertiary alicyclic amines) is 1. The molecule has 0 aromatic carbocycles. The zero-order valence-corrected chi connectivity index (χ0v) is 9.59. The van der Waals surface area contributed by atoms with Crippen molar-refractivity contribution in [3.63, 3.8) is 0 Å². The summed E-state index contributed by atoms with van der Waals surface area (Å²) in [6.07, 6.45) is 4.56. The molecule has 66 valence electrons. The highest BCUT2D eigenvalue weighted by atomic mass is 35.8. The van der Waals surface area contributed by atoms with Crippen LogP contribution in [0.25, 0.3) is 0 Å². The van der Waals surface area contributed by atoms with Gasteiger partial charge in [-0.15, -0.1) is 33.2 Å². The fraction of sp³-hybridized carbons (Fsp3) is 1.00. The van der Waals surface area contributed by atoms with Gasteiger partial charge in [-0.25, -0.2) is 0 Å². The molecule has 5 heteroatoms. The van der Waals surface area contributed by atoms with E-state index in [2.05, 4.69) is 4.90 Å². The summed E-state index contributed by atoms with van der Waals surface area (Å²) in [5, 5.41) is 0. The van der Waals surface area contributed by atoms with Gasteiger partial charge in [0.2, 0.25) is 0 Å². The molecule has 0 unspecified atom stereocenters. The second kappa shape index (κ2) is 4.33. The van der Waals surface area contributed by atoms with Gasteiger partial charge in [0.15, 0.2) is 0 Å². The predicted octanol–water partition coefficient (Wildman–Crippen LogP) is 2.67. The fourth-order valence-corrected chi connectivity index (χ4v) is 3.72. The zero-order valence-electron chi connectivity index (χ0n) is 6.32. The van der Waals surface area contributed by atoms with E-state index >= 15 is 0 Å². The van der Waals surface area contributed by atoms with Gasteiger partial charge >= 0.3 is 6.00 Å². The third kappa shape index (κ3) is 4.58. The standard InChI is InChI=1S/C6H12Cl3NSi/c7-11(8,9)6-10-4-2-1-3-5-10/h1-6H2. The second-order valence-corrected chi connectivity index (χ2v) is 12.0. The average molecular weight is 233 g/mol. The first kappa shape index (κ1) is 10.1. The Kier molecular flexibility index (Phi) is 3.99. The summed E-state index contributed by atoms with van der Waals surface area (Å²) in [4.78, 5) is 2.27. The maximum atomic E-state index is 5.79. The van der Waals surface area contributed by atoms with Crippen LogP contribution in [0.2, 0.25) is 0 Å². The summed E-state index contributed by atoms with van der Waals surface area (Å²) in [7, 11) is 0. The van der Waals surface area contributed by atoms with Crippen LogP contribution < -0.4 is 0 Å². The fourth-order valence-electron chi connectivity index (χ4n) is 1.37. The Hall–Kier alpha value is 1.05. The van der Waals surface area contributed by atoms with Gasteiger partial charge in [0.1, 0.15) is 0 Å². The van der Waals surface area contributed by atoms with Crippen LogP contribution >= 0.6 is 33.2 Å². The van der Waals surface area contributed by atoms with Crippen molar-refractivity contribution in [2.45, 2.75) is 19.3 Å². The third-order valence-electron chi connectivity index (χ3n) is 1.85. The SMILES string of the molecule is Cl[Si](Cl)(Cl)CN1CCCCC1. The van der Waals surface area contributed by atoms with Crippen molar-refractivity contribution in [3.05, 3.63) is 0 Å². The minimum absolute atomic E-state index is 0.706. The van der Waals surface area contributed by atoms with E-state index in [9.17, 15) is 0 Å². The lowest BCUT2D eigenvalue weighted by atomic mass is 10.1. The van der Waals surface area contributed by atoms with E-state index in [0.29, 0.717) is 6.17 Å². The molecule has 0 aromatic rings. The normalized spacial score (nSPS) is 22.1. The number of piperidine rings is 1. The van der Waals surface area contributed by atoms with Gasteiger partial charge in [0.05, 0.1) is 0 Å². The number of hydrogen-bond acceptors (Lipinski definition) is 1. The summed E-state index contributed by atoms with van der Waals surface area (Å²) < 4.78 is 0. The lowest BCUT2D eigenvalue weighted by molar-refractivity contribution is 0.262. The quantitative estimate of drug-likeness (QED) is 0.523. The topological polar surface area (TPSA) is 3.24 Å². The summed E-state index contributed by atoms with van der Waals surface area (Å²) in [5.74, 6) is 0. The van der Waals surface area contributed by atoms with Crippen LogP contribution in [0, 0.1) is 0 Å². The molecule has 1 aliphatic rings. The minimum Gasteiger partial charge on any atom is -0.302 e. The van der Waals surface area contributed by atoms with E-state index in [1.807, 2.05) is 0 Å². The van der Waals surface area contributed by atoms with Gasteiger partial charge in [-0.1, -0.05) is 6.42 Å². The molecule has 0 atom stereocenters. The molecule has 1 saturated heterocycles. The van der Waals surface area contributed by atoms with E-state index in [1.54, 1.807) is 0 Å². The van der Waals surface area contributed by atoms with Crippen LogP contribution in [0.15, 0.2) is 0 Å². The predicted molar refractivity (Wildman–Crippen MR) is 53.6 cm³/mol. The largest absolute Gasteiger partial charge is 0.354 e. The first-order valence-corrected chi connectivity index (χ1v) is 9.11. The molecule has 0 spiro atoms. The first-order chi connectivity index (χ1) is 5.08. The maximum Gasteiger partial charge on any atom is 0.354 e. The molecule has 0 bridgehead atoms.